The fourth-order valence-corrected chi connectivity index (χ4v) is 0.919. The van der Waals surface area contributed by atoms with Crippen molar-refractivity contribution in [3.05, 3.63) is 0 Å². The lowest BCUT2D eigenvalue weighted by Gasteiger charge is -2.25. The lowest BCUT2D eigenvalue weighted by Crippen LogP contribution is -2.33. The predicted octanol–water partition coefficient (Wildman–Crippen LogP) is 0.634. The summed E-state index contributed by atoms with van der Waals surface area (Å²) in [5.74, 6) is -0.0266. The van der Waals surface area contributed by atoms with Gasteiger partial charge in [0.2, 0.25) is 5.91 Å². The van der Waals surface area contributed by atoms with Crippen molar-refractivity contribution >= 4 is 5.91 Å². The summed E-state index contributed by atoms with van der Waals surface area (Å²) < 4.78 is 0. The second-order valence-electron chi connectivity index (χ2n) is 2.49. The SMILES string of the molecule is CN(O)C(=O)C1CCC1. The van der Waals surface area contributed by atoms with Gasteiger partial charge in [-0.1, -0.05) is 6.42 Å². The van der Waals surface area contributed by atoms with E-state index < -0.39 is 0 Å². The van der Waals surface area contributed by atoms with Gasteiger partial charge >= 0.3 is 0 Å². The smallest absolute Gasteiger partial charge is 0.248 e. The fraction of sp³-hybridized carbons (Fsp3) is 0.833. The Hall–Kier alpha value is -0.570. The molecule has 1 aliphatic carbocycles. The van der Waals surface area contributed by atoms with E-state index >= 15 is 0 Å². The zero-order chi connectivity index (χ0) is 6.85. The third kappa shape index (κ3) is 1.21. The van der Waals surface area contributed by atoms with Gasteiger partial charge in [-0.3, -0.25) is 10.0 Å². The summed E-state index contributed by atoms with van der Waals surface area (Å²) >= 11 is 0. The van der Waals surface area contributed by atoms with Crippen LogP contribution < -0.4 is 0 Å². The number of hydrogen-bond acceptors (Lipinski definition) is 2. The van der Waals surface area contributed by atoms with Crippen LogP contribution in [0.1, 0.15) is 19.3 Å². The van der Waals surface area contributed by atoms with Gasteiger partial charge in [0.05, 0.1) is 0 Å². The highest BCUT2D eigenvalue weighted by Crippen LogP contribution is 2.27. The maximum absolute atomic E-state index is 10.8. The van der Waals surface area contributed by atoms with Crippen LogP contribution in [0.4, 0.5) is 0 Å². The Labute approximate surface area is 54.2 Å². The molecule has 3 heteroatoms. The van der Waals surface area contributed by atoms with Gasteiger partial charge in [0.25, 0.3) is 0 Å². The van der Waals surface area contributed by atoms with Crippen molar-refractivity contribution in [1.29, 1.82) is 0 Å². The highest BCUT2D eigenvalue weighted by Gasteiger charge is 2.26. The summed E-state index contributed by atoms with van der Waals surface area (Å²) in [5, 5.41) is 9.32. The minimum atomic E-state index is -0.138. The zero-order valence-corrected chi connectivity index (χ0v) is 5.50. The molecule has 9 heavy (non-hydrogen) atoms. The second kappa shape index (κ2) is 2.35. The minimum absolute atomic E-state index is 0.111. The molecule has 1 aliphatic rings. The van der Waals surface area contributed by atoms with Gasteiger partial charge in [0.1, 0.15) is 0 Å². The van der Waals surface area contributed by atoms with E-state index in [-0.39, 0.29) is 11.8 Å². The highest BCUT2D eigenvalue weighted by molar-refractivity contribution is 5.78. The first-order chi connectivity index (χ1) is 4.22. The number of rotatable bonds is 1. The highest BCUT2D eigenvalue weighted by atomic mass is 16.5. The molecule has 0 spiro atoms. The Morgan fingerprint density at radius 3 is 2.33 bits per heavy atom. The normalized spacial score (nSPS) is 18.9. The molecule has 0 unspecified atom stereocenters. The number of hydrogen-bond donors (Lipinski definition) is 1. The summed E-state index contributed by atoms with van der Waals surface area (Å²) in [7, 11) is 1.38. The largest absolute Gasteiger partial charge is 0.286 e. The van der Waals surface area contributed by atoms with E-state index in [1.165, 1.54) is 7.05 Å². The van der Waals surface area contributed by atoms with E-state index in [2.05, 4.69) is 0 Å². The Bertz CT molecular complexity index is 118. The van der Waals surface area contributed by atoms with Gasteiger partial charge in [-0.15, -0.1) is 0 Å². The molecule has 0 atom stereocenters. The molecule has 1 N–H and O–H groups in total. The molecule has 1 fully saturated rings. The van der Waals surface area contributed by atoms with Gasteiger partial charge < -0.3 is 0 Å². The summed E-state index contributed by atoms with van der Waals surface area (Å²) in [5.41, 5.74) is 0. The van der Waals surface area contributed by atoms with Crippen molar-refractivity contribution in [3.8, 4) is 0 Å². The van der Waals surface area contributed by atoms with E-state index in [1.54, 1.807) is 0 Å². The molecule has 0 saturated heterocycles. The molecule has 52 valence electrons. The summed E-state index contributed by atoms with van der Waals surface area (Å²) in [6, 6.07) is 0. The van der Waals surface area contributed by atoms with Crippen LogP contribution in [0, 0.1) is 5.92 Å². The van der Waals surface area contributed by atoms with Crippen LogP contribution >= 0.6 is 0 Å². The summed E-state index contributed by atoms with van der Waals surface area (Å²) in [6.45, 7) is 0. The molecule has 0 aromatic carbocycles. The van der Waals surface area contributed by atoms with Gasteiger partial charge in [-0.25, -0.2) is 5.06 Å². The molecule has 0 bridgehead atoms. The molecule has 0 radical (unpaired) electrons. The summed E-state index contributed by atoms with van der Waals surface area (Å²) in [4.78, 5) is 10.8. The average Bonchev–Trinajstić information content (AvgIpc) is 1.60. The standard InChI is InChI=1S/C6H11NO2/c1-7(9)6(8)5-3-2-4-5/h5,9H,2-4H2,1H3. The van der Waals surface area contributed by atoms with Crippen LogP contribution in [-0.2, 0) is 4.79 Å². The second-order valence-corrected chi connectivity index (χ2v) is 2.49. The van der Waals surface area contributed by atoms with E-state index in [1.807, 2.05) is 0 Å². The number of nitrogens with zero attached hydrogens (tertiary/aromatic N) is 1. The van der Waals surface area contributed by atoms with Gasteiger partial charge in [-0.05, 0) is 12.8 Å². The molecule has 0 aromatic rings. The van der Waals surface area contributed by atoms with Crippen molar-refractivity contribution in [2.45, 2.75) is 19.3 Å². The topological polar surface area (TPSA) is 40.5 Å². The quantitative estimate of drug-likeness (QED) is 0.417. The number of carbonyl (C=O) groups excluding carboxylic acids is 1. The van der Waals surface area contributed by atoms with Crippen molar-refractivity contribution in [2.75, 3.05) is 7.05 Å². The van der Waals surface area contributed by atoms with Crippen molar-refractivity contribution in [3.63, 3.8) is 0 Å². The molecule has 0 heterocycles. The molecule has 1 rings (SSSR count). The van der Waals surface area contributed by atoms with E-state index in [4.69, 9.17) is 5.21 Å². The molecular weight excluding hydrogens is 118 g/mol. The molecule has 1 amide bonds. The first kappa shape index (κ1) is 6.55. The maximum atomic E-state index is 10.8. The van der Waals surface area contributed by atoms with Gasteiger partial charge in [-0.2, -0.15) is 0 Å². The van der Waals surface area contributed by atoms with E-state index in [9.17, 15) is 4.79 Å². The molecule has 0 aliphatic heterocycles. The number of hydroxylamine groups is 2. The van der Waals surface area contributed by atoms with Crippen LogP contribution in [-0.4, -0.2) is 23.2 Å². The summed E-state index contributed by atoms with van der Waals surface area (Å²) in [6.07, 6.45) is 3.03. The Morgan fingerprint density at radius 1 is 1.67 bits per heavy atom. The molecule has 3 nitrogen and oxygen atoms in total. The van der Waals surface area contributed by atoms with Crippen LogP contribution in [0.5, 0.6) is 0 Å². The molecular formula is C6H11NO2. The van der Waals surface area contributed by atoms with Crippen molar-refractivity contribution in [2.24, 2.45) is 5.92 Å². The maximum Gasteiger partial charge on any atom is 0.248 e. The molecule has 1 saturated carbocycles. The Kier molecular flexibility index (Phi) is 1.71. The van der Waals surface area contributed by atoms with Crippen LogP contribution in [0.15, 0.2) is 0 Å². The van der Waals surface area contributed by atoms with Crippen LogP contribution in [0.2, 0.25) is 0 Å². The fourth-order valence-electron chi connectivity index (χ4n) is 0.919. The monoisotopic (exact) mass is 129 g/mol. The third-order valence-corrected chi connectivity index (χ3v) is 1.77. The average molecular weight is 129 g/mol. The van der Waals surface area contributed by atoms with Gasteiger partial charge in [0.15, 0.2) is 0 Å². The Morgan fingerprint density at radius 2 is 2.22 bits per heavy atom. The number of carbonyl (C=O) groups is 1. The first-order valence-corrected chi connectivity index (χ1v) is 3.18. The van der Waals surface area contributed by atoms with E-state index in [0.29, 0.717) is 5.06 Å². The van der Waals surface area contributed by atoms with Crippen molar-refractivity contribution < 1.29 is 10.0 Å². The third-order valence-electron chi connectivity index (χ3n) is 1.77. The van der Waals surface area contributed by atoms with Crippen LogP contribution in [0.3, 0.4) is 0 Å². The Balaban J connectivity index is 2.32. The van der Waals surface area contributed by atoms with Crippen LogP contribution in [0.25, 0.3) is 0 Å². The lowest BCUT2D eigenvalue weighted by molar-refractivity contribution is -0.166. The lowest BCUT2D eigenvalue weighted by atomic mass is 9.85. The predicted molar refractivity (Wildman–Crippen MR) is 31.9 cm³/mol. The minimum Gasteiger partial charge on any atom is -0.286 e. The zero-order valence-electron chi connectivity index (χ0n) is 5.50. The van der Waals surface area contributed by atoms with Crippen molar-refractivity contribution in [1.82, 2.24) is 5.06 Å². The van der Waals surface area contributed by atoms with Gasteiger partial charge in [0, 0.05) is 13.0 Å². The first-order valence-electron chi connectivity index (χ1n) is 3.18. The number of amides is 1. The van der Waals surface area contributed by atoms with E-state index in [0.717, 1.165) is 19.3 Å². The molecule has 0 aromatic heterocycles.